The molecule has 13 heavy (non-hydrogen) atoms. The highest BCUT2D eigenvalue weighted by molar-refractivity contribution is 5.17. The van der Waals surface area contributed by atoms with Crippen LogP contribution in [0.4, 0.5) is 4.39 Å². The van der Waals surface area contributed by atoms with E-state index in [-0.39, 0.29) is 5.82 Å². The highest BCUT2D eigenvalue weighted by Crippen LogP contribution is 2.29. The van der Waals surface area contributed by atoms with Gasteiger partial charge in [0.15, 0.2) is 0 Å². The van der Waals surface area contributed by atoms with Crippen molar-refractivity contribution >= 4 is 0 Å². The van der Waals surface area contributed by atoms with Crippen LogP contribution in [0.5, 0.6) is 0 Å². The summed E-state index contributed by atoms with van der Waals surface area (Å²) < 4.78 is 13.1. The van der Waals surface area contributed by atoms with E-state index < -0.39 is 0 Å². The lowest BCUT2D eigenvalue weighted by atomic mass is 10.2. The van der Waals surface area contributed by atoms with Crippen LogP contribution in [-0.2, 0) is 6.54 Å². The smallest absolute Gasteiger partial charge is 0.127 e. The van der Waals surface area contributed by atoms with Crippen molar-refractivity contribution in [3.8, 4) is 0 Å². The molecule has 0 aliphatic heterocycles. The van der Waals surface area contributed by atoms with Crippen molar-refractivity contribution in [1.82, 2.24) is 5.32 Å². The first-order chi connectivity index (χ1) is 6.27. The fraction of sp³-hybridized carbons (Fsp3) is 0.455. The van der Waals surface area contributed by atoms with Crippen molar-refractivity contribution < 1.29 is 4.39 Å². The van der Waals surface area contributed by atoms with E-state index >= 15 is 0 Å². The first kappa shape index (κ1) is 8.70. The van der Waals surface area contributed by atoms with Crippen molar-refractivity contribution in [2.75, 3.05) is 0 Å². The van der Waals surface area contributed by atoms with E-state index in [1.54, 1.807) is 6.07 Å². The van der Waals surface area contributed by atoms with Crippen LogP contribution in [0.2, 0.25) is 0 Å². The molecule has 0 radical (unpaired) electrons. The Labute approximate surface area is 78.0 Å². The zero-order chi connectivity index (χ0) is 9.26. The standard InChI is InChI=1S/C11H14FN/c1-8-6-11(8)13-7-9-4-2-3-5-10(9)12/h2-5,8,11,13H,6-7H2,1H3. The van der Waals surface area contributed by atoms with Crippen LogP contribution in [0.3, 0.4) is 0 Å². The van der Waals surface area contributed by atoms with Crippen molar-refractivity contribution in [3.05, 3.63) is 35.6 Å². The number of rotatable bonds is 3. The number of hydrogen-bond acceptors (Lipinski definition) is 1. The molecule has 2 heteroatoms. The SMILES string of the molecule is CC1CC1NCc1ccccc1F. The lowest BCUT2D eigenvalue weighted by Crippen LogP contribution is -2.17. The average Bonchev–Trinajstić information content (AvgIpc) is 2.81. The molecule has 1 fully saturated rings. The topological polar surface area (TPSA) is 12.0 Å². The number of nitrogens with one attached hydrogen (secondary N) is 1. The molecule has 0 amide bonds. The van der Waals surface area contributed by atoms with Gasteiger partial charge in [-0.05, 0) is 18.4 Å². The molecule has 0 aromatic heterocycles. The van der Waals surface area contributed by atoms with Crippen LogP contribution < -0.4 is 5.32 Å². The Balaban J connectivity index is 1.90. The maximum Gasteiger partial charge on any atom is 0.127 e. The number of benzene rings is 1. The third-order valence-corrected chi connectivity index (χ3v) is 2.62. The van der Waals surface area contributed by atoms with Crippen molar-refractivity contribution in [2.24, 2.45) is 5.92 Å². The summed E-state index contributed by atoms with van der Waals surface area (Å²) in [6.07, 6.45) is 1.23. The van der Waals surface area contributed by atoms with Gasteiger partial charge in [0, 0.05) is 18.2 Å². The second-order valence-corrected chi connectivity index (χ2v) is 3.79. The third kappa shape index (κ3) is 2.07. The fourth-order valence-corrected chi connectivity index (χ4v) is 1.49. The maximum absolute atomic E-state index is 13.1. The van der Waals surface area contributed by atoms with Crippen LogP contribution >= 0.6 is 0 Å². The molecule has 2 unspecified atom stereocenters. The molecule has 1 saturated carbocycles. The minimum atomic E-state index is -0.108. The highest BCUT2D eigenvalue weighted by atomic mass is 19.1. The van der Waals surface area contributed by atoms with Gasteiger partial charge in [0.2, 0.25) is 0 Å². The van der Waals surface area contributed by atoms with Crippen molar-refractivity contribution in [1.29, 1.82) is 0 Å². The van der Waals surface area contributed by atoms with E-state index in [9.17, 15) is 4.39 Å². The number of halogens is 1. The Morgan fingerprint density at radius 1 is 1.46 bits per heavy atom. The second kappa shape index (κ2) is 3.46. The van der Waals surface area contributed by atoms with Crippen LogP contribution in [0.15, 0.2) is 24.3 Å². The number of hydrogen-bond donors (Lipinski definition) is 1. The normalized spacial score (nSPS) is 26.0. The summed E-state index contributed by atoms with van der Waals surface area (Å²) in [5.74, 6) is 0.662. The third-order valence-electron chi connectivity index (χ3n) is 2.62. The monoisotopic (exact) mass is 179 g/mol. The summed E-state index contributed by atoms with van der Waals surface area (Å²) in [6, 6.07) is 7.54. The van der Waals surface area contributed by atoms with Crippen LogP contribution in [0.1, 0.15) is 18.9 Å². The summed E-state index contributed by atoms with van der Waals surface area (Å²) in [4.78, 5) is 0. The van der Waals surface area contributed by atoms with E-state index in [1.807, 2.05) is 12.1 Å². The Morgan fingerprint density at radius 2 is 2.15 bits per heavy atom. The molecular weight excluding hydrogens is 165 g/mol. The van der Waals surface area contributed by atoms with Crippen LogP contribution in [0, 0.1) is 11.7 Å². The second-order valence-electron chi connectivity index (χ2n) is 3.79. The van der Waals surface area contributed by atoms with E-state index in [1.165, 1.54) is 12.5 Å². The molecule has 0 bridgehead atoms. The summed E-state index contributed by atoms with van der Waals surface area (Å²) in [5.41, 5.74) is 0.765. The van der Waals surface area contributed by atoms with Crippen LogP contribution in [0.25, 0.3) is 0 Å². The van der Waals surface area contributed by atoms with Crippen molar-refractivity contribution in [3.63, 3.8) is 0 Å². The predicted molar refractivity (Wildman–Crippen MR) is 50.8 cm³/mol. The van der Waals surface area contributed by atoms with E-state index in [4.69, 9.17) is 0 Å². The first-order valence-corrected chi connectivity index (χ1v) is 4.74. The lowest BCUT2D eigenvalue weighted by molar-refractivity contribution is 0.580. The molecule has 0 heterocycles. The summed E-state index contributed by atoms with van der Waals surface area (Å²) in [7, 11) is 0. The zero-order valence-electron chi connectivity index (χ0n) is 7.76. The molecule has 0 spiro atoms. The molecule has 1 aliphatic rings. The van der Waals surface area contributed by atoms with Gasteiger partial charge in [-0.15, -0.1) is 0 Å². The summed E-state index contributed by atoms with van der Waals surface area (Å²) in [5, 5.41) is 3.32. The highest BCUT2D eigenvalue weighted by Gasteiger charge is 2.31. The molecule has 1 aliphatic carbocycles. The zero-order valence-corrected chi connectivity index (χ0v) is 7.76. The van der Waals surface area contributed by atoms with E-state index in [2.05, 4.69) is 12.2 Å². The Kier molecular flexibility index (Phi) is 2.32. The largest absolute Gasteiger partial charge is 0.310 e. The van der Waals surface area contributed by atoms with Gasteiger partial charge in [0.05, 0.1) is 0 Å². The van der Waals surface area contributed by atoms with Gasteiger partial charge in [-0.25, -0.2) is 4.39 Å². The van der Waals surface area contributed by atoms with E-state index in [0.717, 1.165) is 11.5 Å². The molecule has 1 aromatic rings. The van der Waals surface area contributed by atoms with Crippen molar-refractivity contribution in [2.45, 2.75) is 25.9 Å². The van der Waals surface area contributed by atoms with E-state index in [0.29, 0.717) is 12.6 Å². The first-order valence-electron chi connectivity index (χ1n) is 4.74. The molecule has 2 rings (SSSR count). The van der Waals surface area contributed by atoms with Gasteiger partial charge in [-0.2, -0.15) is 0 Å². The molecule has 0 saturated heterocycles. The average molecular weight is 179 g/mol. The fourth-order valence-electron chi connectivity index (χ4n) is 1.49. The molecule has 1 N–H and O–H groups in total. The molecular formula is C11H14FN. The molecule has 1 nitrogen and oxygen atoms in total. The quantitative estimate of drug-likeness (QED) is 0.750. The summed E-state index contributed by atoms with van der Waals surface area (Å²) in [6.45, 7) is 2.86. The Morgan fingerprint density at radius 3 is 2.77 bits per heavy atom. The Bertz CT molecular complexity index is 298. The van der Waals surface area contributed by atoms with Gasteiger partial charge >= 0.3 is 0 Å². The molecule has 70 valence electrons. The van der Waals surface area contributed by atoms with Gasteiger partial charge in [-0.1, -0.05) is 25.1 Å². The predicted octanol–water partition coefficient (Wildman–Crippen LogP) is 2.32. The lowest BCUT2D eigenvalue weighted by Gasteiger charge is -2.03. The van der Waals surface area contributed by atoms with Gasteiger partial charge in [-0.3, -0.25) is 0 Å². The van der Waals surface area contributed by atoms with Gasteiger partial charge in [0.1, 0.15) is 5.82 Å². The van der Waals surface area contributed by atoms with Gasteiger partial charge in [0.25, 0.3) is 0 Å². The minimum absolute atomic E-state index is 0.108. The molecule has 2 atom stereocenters. The summed E-state index contributed by atoms with van der Waals surface area (Å²) >= 11 is 0. The molecule has 1 aromatic carbocycles. The Hall–Kier alpha value is -0.890. The minimum Gasteiger partial charge on any atom is -0.310 e. The maximum atomic E-state index is 13.1. The van der Waals surface area contributed by atoms with Gasteiger partial charge < -0.3 is 5.32 Å². The van der Waals surface area contributed by atoms with Crippen LogP contribution in [-0.4, -0.2) is 6.04 Å².